The van der Waals surface area contributed by atoms with Crippen molar-refractivity contribution in [3.8, 4) is 0 Å². The summed E-state index contributed by atoms with van der Waals surface area (Å²) in [6, 6.07) is 3.42. The first kappa shape index (κ1) is 15.1. The molecule has 1 aliphatic heterocycles. The lowest BCUT2D eigenvalue weighted by molar-refractivity contribution is 0.0647. The fraction of sp³-hybridized carbons (Fsp3) is 0.562. The van der Waals surface area contributed by atoms with Crippen molar-refractivity contribution in [3.05, 3.63) is 35.4 Å². The number of benzene rings is 1. The highest BCUT2D eigenvalue weighted by Crippen LogP contribution is 2.27. The maximum absolute atomic E-state index is 13.6. The number of hydrogen-bond donors (Lipinski definition) is 0. The van der Waals surface area contributed by atoms with E-state index in [0.717, 1.165) is 25.1 Å². The van der Waals surface area contributed by atoms with E-state index in [1.54, 1.807) is 0 Å². The monoisotopic (exact) mass is 281 g/mol. The van der Waals surface area contributed by atoms with Gasteiger partial charge < -0.3 is 0 Å². The summed E-state index contributed by atoms with van der Waals surface area (Å²) in [7, 11) is 0. The van der Waals surface area contributed by atoms with Gasteiger partial charge in [0, 0.05) is 18.7 Å². The van der Waals surface area contributed by atoms with E-state index in [4.69, 9.17) is 0 Å². The number of ketones is 1. The van der Waals surface area contributed by atoms with Gasteiger partial charge in [-0.2, -0.15) is 0 Å². The molecule has 20 heavy (non-hydrogen) atoms. The van der Waals surface area contributed by atoms with Crippen LogP contribution in [0.25, 0.3) is 0 Å². The van der Waals surface area contributed by atoms with E-state index in [1.165, 1.54) is 6.07 Å². The molecule has 0 aromatic heterocycles. The van der Waals surface area contributed by atoms with Gasteiger partial charge in [0.15, 0.2) is 5.78 Å². The fourth-order valence-corrected chi connectivity index (χ4v) is 3.03. The lowest BCUT2D eigenvalue weighted by Crippen LogP contribution is -2.47. The predicted octanol–water partition coefficient (Wildman–Crippen LogP) is 3.51. The van der Waals surface area contributed by atoms with Crippen molar-refractivity contribution < 1.29 is 13.6 Å². The van der Waals surface area contributed by atoms with E-state index in [9.17, 15) is 13.6 Å². The molecule has 1 fully saturated rings. The van der Waals surface area contributed by atoms with Crippen LogP contribution in [0.15, 0.2) is 18.2 Å². The molecule has 1 aromatic rings. The van der Waals surface area contributed by atoms with Crippen LogP contribution in [0.3, 0.4) is 0 Å². The third-order valence-corrected chi connectivity index (χ3v) is 4.30. The van der Waals surface area contributed by atoms with Crippen molar-refractivity contribution in [2.45, 2.75) is 33.2 Å². The Labute approximate surface area is 118 Å². The SMILES string of the molecule is CC1CC(C)C(C)N(CC(=O)c2ccc(F)cc2F)C1. The third-order valence-electron chi connectivity index (χ3n) is 4.30. The van der Waals surface area contributed by atoms with Crippen molar-refractivity contribution in [1.29, 1.82) is 0 Å². The summed E-state index contributed by atoms with van der Waals surface area (Å²) in [5, 5.41) is 0. The molecule has 4 heteroatoms. The van der Waals surface area contributed by atoms with Crippen molar-refractivity contribution in [2.24, 2.45) is 11.8 Å². The molecule has 0 amide bonds. The highest BCUT2D eigenvalue weighted by Gasteiger charge is 2.30. The topological polar surface area (TPSA) is 20.3 Å². The van der Waals surface area contributed by atoms with Gasteiger partial charge in [0.25, 0.3) is 0 Å². The van der Waals surface area contributed by atoms with Crippen LogP contribution >= 0.6 is 0 Å². The number of carbonyl (C=O) groups excluding carboxylic acids is 1. The Bertz CT molecular complexity index is 503. The van der Waals surface area contributed by atoms with Crippen LogP contribution in [0.4, 0.5) is 8.78 Å². The zero-order valence-electron chi connectivity index (χ0n) is 12.2. The summed E-state index contributed by atoms with van der Waals surface area (Å²) >= 11 is 0. The second-order valence-corrected chi connectivity index (χ2v) is 6.04. The molecule has 1 aromatic carbocycles. The minimum atomic E-state index is -0.777. The molecule has 0 bridgehead atoms. The van der Waals surface area contributed by atoms with E-state index < -0.39 is 11.6 Å². The smallest absolute Gasteiger partial charge is 0.179 e. The van der Waals surface area contributed by atoms with Gasteiger partial charge >= 0.3 is 0 Å². The Morgan fingerprint density at radius 2 is 2.00 bits per heavy atom. The molecule has 2 nitrogen and oxygen atoms in total. The zero-order valence-corrected chi connectivity index (χ0v) is 12.2. The fourth-order valence-electron chi connectivity index (χ4n) is 3.03. The molecule has 110 valence electrons. The average Bonchev–Trinajstić information content (AvgIpc) is 2.35. The number of likely N-dealkylation sites (tertiary alicyclic amines) is 1. The van der Waals surface area contributed by atoms with Gasteiger partial charge in [0.2, 0.25) is 0 Å². The maximum Gasteiger partial charge on any atom is 0.179 e. The Morgan fingerprint density at radius 3 is 2.65 bits per heavy atom. The van der Waals surface area contributed by atoms with Crippen molar-refractivity contribution in [2.75, 3.05) is 13.1 Å². The number of piperidine rings is 1. The van der Waals surface area contributed by atoms with E-state index in [1.807, 2.05) is 0 Å². The third kappa shape index (κ3) is 3.23. The van der Waals surface area contributed by atoms with E-state index in [-0.39, 0.29) is 17.9 Å². The number of carbonyl (C=O) groups is 1. The molecule has 1 heterocycles. The molecule has 0 aliphatic carbocycles. The first-order chi connectivity index (χ1) is 9.38. The van der Waals surface area contributed by atoms with Gasteiger partial charge in [-0.15, -0.1) is 0 Å². The van der Waals surface area contributed by atoms with Crippen molar-refractivity contribution >= 4 is 5.78 Å². The maximum atomic E-state index is 13.6. The normalized spacial score (nSPS) is 27.6. The highest BCUT2D eigenvalue weighted by molar-refractivity contribution is 5.97. The van der Waals surface area contributed by atoms with Crippen molar-refractivity contribution in [3.63, 3.8) is 0 Å². The Hall–Kier alpha value is -1.29. The number of rotatable bonds is 3. The summed E-state index contributed by atoms with van der Waals surface area (Å²) < 4.78 is 26.5. The molecule has 0 spiro atoms. The molecule has 1 aliphatic rings. The summed E-state index contributed by atoms with van der Waals surface area (Å²) in [6.45, 7) is 7.48. The van der Waals surface area contributed by atoms with E-state index >= 15 is 0 Å². The molecule has 3 atom stereocenters. The molecule has 3 unspecified atom stereocenters. The zero-order chi connectivity index (χ0) is 14.9. The number of hydrogen-bond acceptors (Lipinski definition) is 2. The largest absolute Gasteiger partial charge is 0.293 e. The van der Waals surface area contributed by atoms with Crippen molar-refractivity contribution in [1.82, 2.24) is 4.90 Å². The summed E-state index contributed by atoms with van der Waals surface area (Å²) in [5.41, 5.74) is -0.0236. The standard InChI is InChI=1S/C16H21F2NO/c1-10-6-11(2)12(3)19(8-10)9-16(20)14-5-4-13(17)7-15(14)18/h4-5,7,10-12H,6,8-9H2,1-3H3. The van der Waals surface area contributed by atoms with Gasteiger partial charge in [-0.1, -0.05) is 13.8 Å². The van der Waals surface area contributed by atoms with Crippen LogP contribution in [0.5, 0.6) is 0 Å². The lowest BCUT2D eigenvalue weighted by Gasteiger charge is -2.40. The van der Waals surface area contributed by atoms with Gasteiger partial charge in [0.1, 0.15) is 11.6 Å². The van der Waals surface area contributed by atoms with E-state index in [0.29, 0.717) is 17.9 Å². The second kappa shape index (κ2) is 6.00. The minimum absolute atomic E-state index is 0.0236. The van der Waals surface area contributed by atoms with Gasteiger partial charge in [-0.3, -0.25) is 9.69 Å². The molecule has 2 rings (SSSR count). The van der Waals surface area contributed by atoms with Gasteiger partial charge in [-0.05, 0) is 37.3 Å². The Morgan fingerprint density at radius 1 is 1.30 bits per heavy atom. The van der Waals surface area contributed by atoms with Gasteiger partial charge in [0.05, 0.1) is 12.1 Å². The van der Waals surface area contributed by atoms with Crippen LogP contribution in [0.1, 0.15) is 37.6 Å². The van der Waals surface area contributed by atoms with Crippen LogP contribution < -0.4 is 0 Å². The molecule has 0 radical (unpaired) electrons. The highest BCUT2D eigenvalue weighted by atomic mass is 19.1. The molecular formula is C16H21F2NO. The lowest BCUT2D eigenvalue weighted by atomic mass is 9.86. The second-order valence-electron chi connectivity index (χ2n) is 6.04. The number of halogens is 2. The quantitative estimate of drug-likeness (QED) is 0.790. The van der Waals surface area contributed by atoms with Crippen LogP contribution in [0, 0.1) is 23.5 Å². The molecule has 0 N–H and O–H groups in total. The molecule has 0 saturated carbocycles. The summed E-state index contributed by atoms with van der Waals surface area (Å²) in [6.07, 6.45) is 1.15. The van der Waals surface area contributed by atoms with Gasteiger partial charge in [-0.25, -0.2) is 8.78 Å². The Balaban J connectivity index is 2.10. The predicted molar refractivity (Wildman–Crippen MR) is 74.7 cm³/mol. The first-order valence-electron chi connectivity index (χ1n) is 7.10. The van der Waals surface area contributed by atoms with Crippen LogP contribution in [0.2, 0.25) is 0 Å². The molecular weight excluding hydrogens is 260 g/mol. The van der Waals surface area contributed by atoms with Crippen LogP contribution in [-0.4, -0.2) is 29.8 Å². The number of Topliss-reactive ketones (excluding diaryl/α,β-unsaturated/α-hetero) is 1. The van der Waals surface area contributed by atoms with E-state index in [2.05, 4.69) is 25.7 Å². The Kier molecular flexibility index (Phi) is 4.53. The average molecular weight is 281 g/mol. The number of nitrogens with zero attached hydrogens (tertiary/aromatic N) is 1. The van der Waals surface area contributed by atoms with Crippen LogP contribution in [-0.2, 0) is 0 Å². The summed E-state index contributed by atoms with van der Waals surface area (Å²) in [5.74, 6) is -0.666. The minimum Gasteiger partial charge on any atom is -0.293 e. The summed E-state index contributed by atoms with van der Waals surface area (Å²) in [4.78, 5) is 14.3. The first-order valence-corrected chi connectivity index (χ1v) is 7.10. The molecule has 1 saturated heterocycles.